The lowest BCUT2D eigenvalue weighted by atomic mass is 10.2. The van der Waals surface area contributed by atoms with Gasteiger partial charge in [-0.3, -0.25) is 9.52 Å². The molecular formula is C23H23FN2O4S. The summed E-state index contributed by atoms with van der Waals surface area (Å²) in [4.78, 5) is 12.6. The number of ether oxygens (including phenoxy) is 1. The van der Waals surface area contributed by atoms with Crippen molar-refractivity contribution in [2.45, 2.75) is 18.7 Å². The summed E-state index contributed by atoms with van der Waals surface area (Å²) >= 11 is 0. The molecule has 0 spiro atoms. The van der Waals surface area contributed by atoms with Crippen LogP contribution in [-0.2, 0) is 10.0 Å². The summed E-state index contributed by atoms with van der Waals surface area (Å²) in [5.74, 6) is -0.358. The van der Waals surface area contributed by atoms with Crippen molar-refractivity contribution in [1.29, 1.82) is 0 Å². The van der Waals surface area contributed by atoms with Crippen LogP contribution in [0.15, 0.2) is 77.7 Å². The van der Waals surface area contributed by atoms with Gasteiger partial charge >= 0.3 is 0 Å². The molecule has 0 atom stereocenters. The van der Waals surface area contributed by atoms with Crippen LogP contribution in [-0.4, -0.2) is 20.9 Å². The lowest BCUT2D eigenvalue weighted by Crippen LogP contribution is -2.17. The minimum atomic E-state index is -4.09. The number of hydrogen-bond donors (Lipinski definition) is 2. The molecule has 3 aromatic carbocycles. The van der Waals surface area contributed by atoms with Gasteiger partial charge < -0.3 is 10.1 Å². The molecule has 0 aromatic heterocycles. The number of halogens is 1. The summed E-state index contributed by atoms with van der Waals surface area (Å²) < 4.78 is 47.1. The third-order valence-electron chi connectivity index (χ3n) is 4.23. The number of rotatable bonds is 8. The number of amides is 1. The first-order valence-corrected chi connectivity index (χ1v) is 11.1. The lowest BCUT2D eigenvalue weighted by molar-refractivity contribution is 0.102. The van der Waals surface area contributed by atoms with Crippen LogP contribution in [0.5, 0.6) is 5.75 Å². The molecule has 1 amide bonds. The highest BCUT2D eigenvalue weighted by atomic mass is 32.2. The fourth-order valence-electron chi connectivity index (χ4n) is 2.70. The van der Waals surface area contributed by atoms with Gasteiger partial charge in [-0.05, 0) is 48.4 Å². The van der Waals surface area contributed by atoms with E-state index in [9.17, 15) is 17.6 Å². The zero-order valence-corrected chi connectivity index (χ0v) is 17.9. The second-order valence-corrected chi connectivity index (χ2v) is 8.95. The maximum atomic E-state index is 13.8. The van der Waals surface area contributed by atoms with Crippen molar-refractivity contribution >= 4 is 27.3 Å². The van der Waals surface area contributed by atoms with Crippen molar-refractivity contribution in [3.05, 3.63) is 84.2 Å². The molecule has 6 nitrogen and oxygen atoms in total. The van der Waals surface area contributed by atoms with Crippen LogP contribution in [0.3, 0.4) is 0 Å². The van der Waals surface area contributed by atoms with Gasteiger partial charge in [-0.25, -0.2) is 12.8 Å². The standard InChI is InChI=1S/C23H23FN2O4S/c1-16(2)15-30-22-13-6-5-12-21(22)25-23(27)17-8-7-9-18(14-17)31(28,29)26-20-11-4-3-10-19(20)24/h3-14,16,26H,15H2,1-2H3,(H,25,27). The maximum Gasteiger partial charge on any atom is 0.262 e. The molecule has 0 aliphatic carbocycles. The van der Waals surface area contributed by atoms with Crippen molar-refractivity contribution in [2.75, 3.05) is 16.6 Å². The number of para-hydroxylation sites is 3. The molecule has 0 radical (unpaired) electrons. The smallest absolute Gasteiger partial charge is 0.262 e. The fraction of sp³-hybridized carbons (Fsp3) is 0.174. The van der Waals surface area contributed by atoms with E-state index in [0.717, 1.165) is 6.07 Å². The first-order chi connectivity index (χ1) is 14.8. The third-order valence-corrected chi connectivity index (χ3v) is 5.60. The van der Waals surface area contributed by atoms with Crippen LogP contribution < -0.4 is 14.8 Å². The molecule has 0 bridgehead atoms. The van der Waals surface area contributed by atoms with Gasteiger partial charge in [-0.1, -0.05) is 44.2 Å². The second kappa shape index (κ2) is 9.61. The summed E-state index contributed by atoms with van der Waals surface area (Å²) in [6, 6.07) is 18.0. The van der Waals surface area contributed by atoms with E-state index in [4.69, 9.17) is 4.74 Å². The van der Waals surface area contributed by atoms with Crippen molar-refractivity contribution in [3.8, 4) is 5.75 Å². The number of carbonyl (C=O) groups excluding carboxylic acids is 1. The average Bonchev–Trinajstić information content (AvgIpc) is 2.74. The van der Waals surface area contributed by atoms with E-state index in [1.54, 1.807) is 24.3 Å². The Kier molecular flexibility index (Phi) is 6.91. The predicted molar refractivity (Wildman–Crippen MR) is 118 cm³/mol. The van der Waals surface area contributed by atoms with Gasteiger partial charge in [0.05, 0.1) is 22.9 Å². The van der Waals surface area contributed by atoms with Crippen LogP contribution in [0.25, 0.3) is 0 Å². The minimum absolute atomic E-state index is 0.134. The Morgan fingerprint density at radius 3 is 2.35 bits per heavy atom. The normalized spacial score (nSPS) is 11.2. The molecule has 0 saturated carbocycles. The first-order valence-electron chi connectivity index (χ1n) is 9.67. The Hall–Kier alpha value is -3.39. The molecular weight excluding hydrogens is 419 g/mol. The molecule has 0 aliphatic heterocycles. The quantitative estimate of drug-likeness (QED) is 0.519. The average molecular weight is 443 g/mol. The number of hydrogen-bond acceptors (Lipinski definition) is 4. The zero-order chi connectivity index (χ0) is 22.4. The van der Waals surface area contributed by atoms with E-state index in [2.05, 4.69) is 10.0 Å². The highest BCUT2D eigenvalue weighted by Crippen LogP contribution is 2.25. The summed E-state index contributed by atoms with van der Waals surface area (Å²) in [6.07, 6.45) is 0. The molecule has 0 saturated heterocycles. The van der Waals surface area contributed by atoms with Crippen LogP contribution in [0, 0.1) is 11.7 Å². The van der Waals surface area contributed by atoms with Crippen LogP contribution >= 0.6 is 0 Å². The Balaban J connectivity index is 1.80. The fourth-order valence-corrected chi connectivity index (χ4v) is 3.81. The van der Waals surface area contributed by atoms with Gasteiger partial charge in [-0.2, -0.15) is 0 Å². The van der Waals surface area contributed by atoms with Gasteiger partial charge in [0.1, 0.15) is 11.6 Å². The summed E-state index contributed by atoms with van der Waals surface area (Å²) in [5.41, 5.74) is 0.439. The highest BCUT2D eigenvalue weighted by Gasteiger charge is 2.18. The molecule has 0 aliphatic rings. The van der Waals surface area contributed by atoms with E-state index in [1.165, 1.54) is 42.5 Å². The summed E-state index contributed by atoms with van der Waals surface area (Å²) in [7, 11) is -4.09. The SMILES string of the molecule is CC(C)COc1ccccc1NC(=O)c1cccc(S(=O)(=O)Nc2ccccc2F)c1. The third kappa shape index (κ3) is 5.82. The highest BCUT2D eigenvalue weighted by molar-refractivity contribution is 7.92. The van der Waals surface area contributed by atoms with Crippen molar-refractivity contribution < 1.29 is 22.3 Å². The second-order valence-electron chi connectivity index (χ2n) is 7.27. The van der Waals surface area contributed by atoms with E-state index in [1.807, 2.05) is 13.8 Å². The summed E-state index contributed by atoms with van der Waals surface area (Å²) in [6.45, 7) is 4.52. The number of sulfonamides is 1. The van der Waals surface area contributed by atoms with E-state index < -0.39 is 21.7 Å². The lowest BCUT2D eigenvalue weighted by Gasteiger charge is -2.14. The van der Waals surface area contributed by atoms with E-state index in [0.29, 0.717) is 24.0 Å². The minimum Gasteiger partial charge on any atom is -0.491 e. The van der Waals surface area contributed by atoms with E-state index >= 15 is 0 Å². The molecule has 0 fully saturated rings. The number of benzene rings is 3. The Labute approximate surface area is 181 Å². The molecule has 3 rings (SSSR count). The van der Waals surface area contributed by atoms with E-state index in [-0.39, 0.29) is 16.1 Å². The number of anilines is 2. The Bertz CT molecular complexity index is 1180. The van der Waals surface area contributed by atoms with Gasteiger partial charge in [0.15, 0.2) is 0 Å². The van der Waals surface area contributed by atoms with Gasteiger partial charge in [0.25, 0.3) is 15.9 Å². The van der Waals surface area contributed by atoms with Gasteiger partial charge in [0, 0.05) is 5.56 Å². The molecule has 3 aromatic rings. The molecule has 162 valence electrons. The number of nitrogens with one attached hydrogen (secondary N) is 2. The van der Waals surface area contributed by atoms with Crippen molar-refractivity contribution in [1.82, 2.24) is 0 Å². The monoisotopic (exact) mass is 442 g/mol. The molecule has 0 heterocycles. The van der Waals surface area contributed by atoms with Crippen molar-refractivity contribution in [3.63, 3.8) is 0 Å². The maximum absolute atomic E-state index is 13.8. The molecule has 0 unspecified atom stereocenters. The van der Waals surface area contributed by atoms with Crippen molar-refractivity contribution in [2.24, 2.45) is 5.92 Å². The topological polar surface area (TPSA) is 84.5 Å². The zero-order valence-electron chi connectivity index (χ0n) is 17.1. The van der Waals surface area contributed by atoms with Crippen LogP contribution in [0.1, 0.15) is 24.2 Å². The van der Waals surface area contributed by atoms with Crippen LogP contribution in [0.4, 0.5) is 15.8 Å². The molecule has 31 heavy (non-hydrogen) atoms. The molecule has 2 N–H and O–H groups in total. The first kappa shape index (κ1) is 22.3. The largest absolute Gasteiger partial charge is 0.491 e. The van der Waals surface area contributed by atoms with Gasteiger partial charge in [0.2, 0.25) is 0 Å². The molecule has 8 heteroatoms. The van der Waals surface area contributed by atoms with Gasteiger partial charge in [-0.15, -0.1) is 0 Å². The summed E-state index contributed by atoms with van der Waals surface area (Å²) in [5, 5.41) is 2.75. The Morgan fingerprint density at radius 2 is 1.65 bits per heavy atom. The number of carbonyl (C=O) groups is 1. The Morgan fingerprint density at radius 1 is 0.968 bits per heavy atom. The van der Waals surface area contributed by atoms with Crippen LogP contribution in [0.2, 0.25) is 0 Å². The predicted octanol–water partition coefficient (Wildman–Crippen LogP) is 4.91.